The summed E-state index contributed by atoms with van der Waals surface area (Å²) < 4.78 is 4.81. The highest BCUT2D eigenvalue weighted by atomic mass is 16.5. The Morgan fingerprint density at radius 1 is 1.62 bits per heavy atom. The normalized spacial score (nSPS) is 8.92. The van der Waals surface area contributed by atoms with Gasteiger partial charge in [0.15, 0.2) is 0 Å². The maximum Gasteiger partial charge on any atom is 0.329 e. The van der Waals surface area contributed by atoms with Gasteiger partial charge in [-0.2, -0.15) is 0 Å². The van der Waals surface area contributed by atoms with E-state index in [2.05, 4.69) is 20.4 Å². The fourth-order valence-electron chi connectivity index (χ4n) is 0.479. The molecule has 0 saturated heterocycles. The predicted octanol–water partition coefficient (Wildman–Crippen LogP) is 2.33. The number of aliphatic carboxylic acids is 1. The van der Waals surface area contributed by atoms with E-state index in [0.717, 1.165) is 6.42 Å². The molecular weight excluding hydrogens is 168 g/mol. The van der Waals surface area contributed by atoms with Gasteiger partial charge in [0, 0.05) is 6.61 Å². The van der Waals surface area contributed by atoms with E-state index in [-0.39, 0.29) is 6.61 Å². The molecule has 1 N–H and O–H groups in total. The second kappa shape index (κ2) is 11.2. The van der Waals surface area contributed by atoms with E-state index >= 15 is 0 Å². The lowest BCUT2D eigenvalue weighted by atomic mass is 10.1. The molecule has 0 radical (unpaired) electrons. The second-order valence-electron chi connectivity index (χ2n) is 3.04. The average molecular weight is 188 g/mol. The van der Waals surface area contributed by atoms with Crippen LogP contribution >= 0.6 is 0 Å². The van der Waals surface area contributed by atoms with E-state index in [9.17, 15) is 4.79 Å². The van der Waals surface area contributed by atoms with Gasteiger partial charge in [-0.3, -0.25) is 0 Å². The molecule has 3 nitrogen and oxygen atoms in total. The molecule has 0 aliphatic heterocycles. The van der Waals surface area contributed by atoms with Crippen molar-refractivity contribution in [3.05, 3.63) is 12.7 Å². The molecule has 0 bridgehead atoms. The van der Waals surface area contributed by atoms with E-state index < -0.39 is 5.97 Å². The minimum Gasteiger partial charge on any atom is -0.480 e. The van der Waals surface area contributed by atoms with Crippen LogP contribution in [0.4, 0.5) is 0 Å². The van der Waals surface area contributed by atoms with Crippen LogP contribution in [0.25, 0.3) is 0 Å². The summed E-state index contributed by atoms with van der Waals surface area (Å²) in [5.74, 6) is -0.322. The number of hydrogen-bond donors (Lipinski definition) is 1. The summed E-state index contributed by atoms with van der Waals surface area (Å²) in [5.41, 5.74) is 0. The lowest BCUT2D eigenvalue weighted by Gasteiger charge is -2.02. The lowest BCUT2D eigenvalue weighted by molar-refractivity contribution is -0.142. The van der Waals surface area contributed by atoms with Gasteiger partial charge in [-0.1, -0.05) is 19.9 Å². The van der Waals surface area contributed by atoms with Crippen LogP contribution < -0.4 is 0 Å². The van der Waals surface area contributed by atoms with Gasteiger partial charge < -0.3 is 9.84 Å². The molecule has 0 aliphatic rings. The molecule has 3 heteroatoms. The van der Waals surface area contributed by atoms with Crippen LogP contribution in [0.3, 0.4) is 0 Å². The van der Waals surface area contributed by atoms with Crippen LogP contribution in [0.2, 0.25) is 0 Å². The Morgan fingerprint density at radius 3 is 2.38 bits per heavy atom. The van der Waals surface area contributed by atoms with Crippen molar-refractivity contribution in [2.75, 3.05) is 13.2 Å². The quantitative estimate of drug-likeness (QED) is 0.532. The maximum atomic E-state index is 9.92. The molecule has 0 aromatic heterocycles. The van der Waals surface area contributed by atoms with Crippen molar-refractivity contribution in [2.45, 2.75) is 27.2 Å². The van der Waals surface area contributed by atoms with Crippen molar-refractivity contribution in [3.63, 3.8) is 0 Å². The van der Waals surface area contributed by atoms with Crippen LogP contribution in [0, 0.1) is 5.92 Å². The van der Waals surface area contributed by atoms with Crippen molar-refractivity contribution < 1.29 is 14.6 Å². The Morgan fingerprint density at radius 2 is 2.08 bits per heavy atom. The van der Waals surface area contributed by atoms with Crippen molar-refractivity contribution in [3.8, 4) is 0 Å². The van der Waals surface area contributed by atoms with Gasteiger partial charge in [-0.15, -0.1) is 6.58 Å². The Balaban J connectivity index is 0. The third-order valence-electron chi connectivity index (χ3n) is 1.07. The Kier molecular flexibility index (Phi) is 12.6. The molecule has 0 aromatic carbocycles. The third-order valence-corrected chi connectivity index (χ3v) is 1.07. The summed E-state index contributed by atoms with van der Waals surface area (Å²) in [6.07, 6.45) is 2.67. The summed E-state index contributed by atoms with van der Waals surface area (Å²) in [4.78, 5) is 9.92. The molecule has 0 atom stereocenters. The first-order chi connectivity index (χ1) is 6.04. The average Bonchev–Trinajstić information content (AvgIpc) is 1.99. The maximum absolute atomic E-state index is 9.92. The van der Waals surface area contributed by atoms with Crippen LogP contribution in [-0.4, -0.2) is 24.3 Å². The minimum absolute atomic E-state index is 0.174. The van der Waals surface area contributed by atoms with Crippen LogP contribution in [-0.2, 0) is 9.53 Å². The zero-order valence-corrected chi connectivity index (χ0v) is 8.75. The topological polar surface area (TPSA) is 46.5 Å². The highest BCUT2D eigenvalue weighted by Crippen LogP contribution is 1.98. The number of rotatable bonds is 5. The number of allylic oxidation sites excluding steroid dienone is 1. The van der Waals surface area contributed by atoms with E-state index in [1.807, 2.05) is 6.92 Å². The van der Waals surface area contributed by atoms with E-state index in [1.54, 1.807) is 6.08 Å². The number of hydrogen-bond acceptors (Lipinski definition) is 2. The van der Waals surface area contributed by atoms with Crippen LogP contribution in [0.1, 0.15) is 27.2 Å². The van der Waals surface area contributed by atoms with Gasteiger partial charge in [0.25, 0.3) is 0 Å². The molecule has 78 valence electrons. The fourth-order valence-corrected chi connectivity index (χ4v) is 0.479. The first kappa shape index (κ1) is 14.7. The summed E-state index contributed by atoms with van der Waals surface area (Å²) in [6, 6.07) is 0. The van der Waals surface area contributed by atoms with Crippen molar-refractivity contribution in [2.24, 2.45) is 5.92 Å². The van der Waals surface area contributed by atoms with Crippen LogP contribution in [0.15, 0.2) is 12.7 Å². The monoisotopic (exact) mass is 188 g/mol. The summed E-state index contributed by atoms with van der Waals surface area (Å²) >= 11 is 0. The zero-order chi connectivity index (χ0) is 10.7. The van der Waals surface area contributed by atoms with E-state index in [1.165, 1.54) is 0 Å². The van der Waals surface area contributed by atoms with Crippen LogP contribution in [0.5, 0.6) is 0 Å². The van der Waals surface area contributed by atoms with Crippen molar-refractivity contribution in [1.29, 1.82) is 0 Å². The van der Waals surface area contributed by atoms with Crippen molar-refractivity contribution in [1.82, 2.24) is 0 Å². The SMILES string of the molecule is C=CC.CC(C)CCOCC(=O)O. The molecule has 0 amide bonds. The van der Waals surface area contributed by atoms with Gasteiger partial charge in [-0.25, -0.2) is 4.79 Å². The molecule has 0 fully saturated rings. The van der Waals surface area contributed by atoms with Gasteiger partial charge >= 0.3 is 5.97 Å². The Labute approximate surface area is 80.4 Å². The highest BCUT2D eigenvalue weighted by molar-refractivity contribution is 5.67. The smallest absolute Gasteiger partial charge is 0.329 e. The van der Waals surface area contributed by atoms with Crippen molar-refractivity contribution >= 4 is 5.97 Å². The third kappa shape index (κ3) is 24.7. The molecule has 0 rings (SSSR count). The lowest BCUT2D eigenvalue weighted by Crippen LogP contribution is -2.08. The van der Waals surface area contributed by atoms with E-state index in [4.69, 9.17) is 9.84 Å². The molecule has 13 heavy (non-hydrogen) atoms. The number of carbonyl (C=O) groups is 1. The highest BCUT2D eigenvalue weighted by Gasteiger charge is 1.97. The fraction of sp³-hybridized carbons (Fsp3) is 0.700. The number of carboxylic acid groups (broad SMARTS) is 1. The summed E-state index contributed by atoms with van der Waals surface area (Å²) in [6.45, 7) is 9.77. The minimum atomic E-state index is -0.899. The Bertz CT molecular complexity index is 130. The summed E-state index contributed by atoms with van der Waals surface area (Å²) in [7, 11) is 0. The zero-order valence-electron chi connectivity index (χ0n) is 8.75. The Hall–Kier alpha value is -0.830. The standard InChI is InChI=1S/C7H14O3.C3H6/c1-6(2)3-4-10-5-7(8)9;1-3-2/h6H,3-5H2,1-2H3,(H,8,9);3H,1H2,2H3. The predicted molar refractivity (Wildman–Crippen MR) is 53.8 cm³/mol. The second-order valence-corrected chi connectivity index (χ2v) is 3.04. The molecule has 0 unspecified atom stereocenters. The molecular formula is C10H20O3. The summed E-state index contributed by atoms with van der Waals surface area (Å²) in [5, 5.41) is 8.15. The molecule has 0 saturated carbocycles. The largest absolute Gasteiger partial charge is 0.480 e. The van der Waals surface area contributed by atoms with Gasteiger partial charge in [-0.05, 0) is 19.3 Å². The van der Waals surface area contributed by atoms with Gasteiger partial charge in [0.05, 0.1) is 0 Å². The van der Waals surface area contributed by atoms with E-state index in [0.29, 0.717) is 12.5 Å². The molecule has 0 heterocycles. The van der Waals surface area contributed by atoms with Gasteiger partial charge in [0.2, 0.25) is 0 Å². The number of ether oxygens (including phenoxy) is 1. The molecule has 0 spiro atoms. The first-order valence-electron chi connectivity index (χ1n) is 4.41. The first-order valence-corrected chi connectivity index (χ1v) is 4.41. The number of carboxylic acids is 1. The molecule has 0 aromatic rings. The van der Waals surface area contributed by atoms with Gasteiger partial charge in [0.1, 0.15) is 6.61 Å². The molecule has 0 aliphatic carbocycles.